The second-order valence-corrected chi connectivity index (χ2v) is 9.72. The average molecular weight is 506 g/mol. The molecule has 7 rings (SSSR count). The number of nitrogens with zero attached hydrogens (tertiary/aromatic N) is 4. The first-order valence-corrected chi connectivity index (χ1v) is 13.1. The van der Waals surface area contributed by atoms with E-state index >= 15 is 0 Å². The lowest BCUT2D eigenvalue weighted by Gasteiger charge is -2.39. The zero-order valence-electron chi connectivity index (χ0n) is 21.6. The number of nitrogens with one attached hydrogen (secondary N) is 1. The van der Waals surface area contributed by atoms with Crippen molar-refractivity contribution in [3.63, 3.8) is 0 Å². The zero-order chi connectivity index (χ0) is 26.2. The number of benzene rings is 4. The highest BCUT2D eigenvalue weighted by Gasteiger charge is 2.29. The normalized spacial score (nSPS) is 13.1. The van der Waals surface area contributed by atoms with Gasteiger partial charge in [-0.2, -0.15) is 0 Å². The van der Waals surface area contributed by atoms with Gasteiger partial charge in [0.2, 0.25) is 0 Å². The van der Waals surface area contributed by atoms with E-state index < -0.39 is 0 Å². The molecule has 0 saturated carbocycles. The number of pyridine rings is 1. The fourth-order valence-corrected chi connectivity index (χ4v) is 5.60. The summed E-state index contributed by atoms with van der Waals surface area (Å²) in [5, 5.41) is 0. The molecule has 39 heavy (non-hydrogen) atoms. The summed E-state index contributed by atoms with van der Waals surface area (Å²) in [6.45, 7) is 0. The van der Waals surface area contributed by atoms with Crippen molar-refractivity contribution in [2.75, 3.05) is 16.8 Å². The highest BCUT2D eigenvalue weighted by molar-refractivity contribution is 5.98. The maximum absolute atomic E-state index is 4.78. The molecule has 0 saturated heterocycles. The number of rotatable bonds is 5. The molecule has 0 spiro atoms. The molecule has 0 radical (unpaired) electrons. The van der Waals surface area contributed by atoms with E-state index in [0.29, 0.717) is 0 Å². The molecular weight excluding hydrogens is 478 g/mol. The van der Waals surface area contributed by atoms with Gasteiger partial charge in [-0.15, -0.1) is 0 Å². The van der Waals surface area contributed by atoms with Gasteiger partial charge < -0.3 is 14.8 Å². The molecule has 1 aliphatic heterocycles. The van der Waals surface area contributed by atoms with Crippen molar-refractivity contribution in [2.45, 2.75) is 5.92 Å². The number of fused-ring (bicyclic) bond motifs is 2. The largest absolute Gasteiger partial charge is 0.345 e. The fraction of sp³-hybridized carbons (Fsp3) is 0.0588. The maximum Gasteiger partial charge on any atom is 0.137 e. The van der Waals surface area contributed by atoms with E-state index in [1.807, 2.05) is 18.5 Å². The number of hydrogen-bond donors (Lipinski definition) is 1. The summed E-state index contributed by atoms with van der Waals surface area (Å²) in [6.07, 6.45) is 5.52. The Labute approximate surface area is 228 Å². The summed E-state index contributed by atoms with van der Waals surface area (Å²) in [7, 11) is 2.14. The number of aromatic amines is 1. The first-order chi connectivity index (χ1) is 19.3. The Morgan fingerprint density at radius 3 is 2.21 bits per heavy atom. The highest BCUT2D eigenvalue weighted by atomic mass is 15.3. The Morgan fingerprint density at radius 2 is 1.41 bits per heavy atom. The third-order valence-electron chi connectivity index (χ3n) is 7.41. The molecule has 0 aliphatic carbocycles. The number of H-pyrrole nitrogens is 1. The van der Waals surface area contributed by atoms with Gasteiger partial charge in [0, 0.05) is 36.9 Å². The molecule has 6 aromatic rings. The second-order valence-electron chi connectivity index (χ2n) is 9.72. The van der Waals surface area contributed by atoms with Crippen LogP contribution in [0.3, 0.4) is 0 Å². The van der Waals surface area contributed by atoms with Crippen LogP contribution >= 0.6 is 0 Å². The van der Waals surface area contributed by atoms with E-state index in [2.05, 4.69) is 136 Å². The van der Waals surface area contributed by atoms with Crippen LogP contribution in [-0.2, 0) is 0 Å². The van der Waals surface area contributed by atoms with Crippen LogP contribution < -0.4 is 9.80 Å². The van der Waals surface area contributed by atoms with E-state index in [1.54, 1.807) is 6.20 Å². The number of imidazole rings is 1. The number of hydrogen-bond acceptors (Lipinski definition) is 4. The Hall–Kier alpha value is -5.16. The van der Waals surface area contributed by atoms with Gasteiger partial charge in [0.1, 0.15) is 5.82 Å². The molecule has 0 bridgehead atoms. The van der Waals surface area contributed by atoms with Crippen LogP contribution in [0.5, 0.6) is 0 Å². The van der Waals surface area contributed by atoms with Gasteiger partial charge >= 0.3 is 0 Å². The Morgan fingerprint density at radius 1 is 0.615 bits per heavy atom. The molecule has 5 nitrogen and oxygen atoms in total. The van der Waals surface area contributed by atoms with E-state index in [1.165, 1.54) is 11.1 Å². The summed E-state index contributed by atoms with van der Waals surface area (Å²) < 4.78 is 0. The van der Waals surface area contributed by atoms with Crippen LogP contribution in [0.25, 0.3) is 11.4 Å². The van der Waals surface area contributed by atoms with Gasteiger partial charge in [-0.1, -0.05) is 66.7 Å². The smallest absolute Gasteiger partial charge is 0.137 e. The van der Waals surface area contributed by atoms with Crippen LogP contribution in [-0.4, -0.2) is 22.0 Å². The van der Waals surface area contributed by atoms with E-state index in [-0.39, 0.29) is 5.92 Å². The van der Waals surface area contributed by atoms with Crippen molar-refractivity contribution in [1.82, 2.24) is 15.0 Å². The van der Waals surface area contributed by atoms with Crippen molar-refractivity contribution in [3.05, 3.63) is 151 Å². The van der Waals surface area contributed by atoms with Crippen molar-refractivity contribution in [2.24, 2.45) is 0 Å². The maximum atomic E-state index is 4.78. The monoisotopic (exact) mass is 505 g/mol. The first kappa shape index (κ1) is 23.0. The van der Waals surface area contributed by atoms with Gasteiger partial charge in [0.25, 0.3) is 0 Å². The summed E-state index contributed by atoms with van der Waals surface area (Å²) in [5.74, 6) is 0.865. The molecule has 1 unspecified atom stereocenters. The van der Waals surface area contributed by atoms with Crippen molar-refractivity contribution in [1.29, 1.82) is 0 Å². The third-order valence-corrected chi connectivity index (χ3v) is 7.41. The van der Waals surface area contributed by atoms with Crippen LogP contribution in [0, 0.1) is 0 Å². The van der Waals surface area contributed by atoms with Gasteiger partial charge in [0.15, 0.2) is 0 Å². The lowest BCUT2D eigenvalue weighted by atomic mass is 9.87. The Kier molecular flexibility index (Phi) is 5.67. The van der Waals surface area contributed by atoms with Crippen LogP contribution in [0.4, 0.5) is 28.4 Å². The summed E-state index contributed by atoms with van der Waals surface area (Å²) in [5.41, 5.74) is 10.1. The van der Waals surface area contributed by atoms with E-state index in [0.717, 1.165) is 45.5 Å². The topological polar surface area (TPSA) is 48.0 Å². The van der Waals surface area contributed by atoms with E-state index in [9.17, 15) is 0 Å². The third kappa shape index (κ3) is 4.05. The SMILES string of the molecule is CN1c2ccccc2N(c2cccc(-c3ncc[nH]3)c2)c2cc(C(c3ccccc3)c3ccccn3)ccc21. The lowest BCUT2D eigenvalue weighted by molar-refractivity contribution is 0.917. The lowest BCUT2D eigenvalue weighted by Crippen LogP contribution is -2.24. The average Bonchev–Trinajstić information content (AvgIpc) is 3.54. The molecule has 3 heterocycles. The number of anilines is 5. The summed E-state index contributed by atoms with van der Waals surface area (Å²) in [6, 6.07) is 40.7. The van der Waals surface area contributed by atoms with Crippen LogP contribution in [0.15, 0.2) is 134 Å². The van der Waals surface area contributed by atoms with Gasteiger partial charge in [-0.25, -0.2) is 4.98 Å². The van der Waals surface area contributed by atoms with Gasteiger partial charge in [-0.3, -0.25) is 4.98 Å². The van der Waals surface area contributed by atoms with E-state index in [4.69, 9.17) is 4.98 Å². The van der Waals surface area contributed by atoms with Crippen LogP contribution in [0.1, 0.15) is 22.7 Å². The quantitative estimate of drug-likeness (QED) is 0.256. The van der Waals surface area contributed by atoms with Crippen molar-refractivity contribution < 1.29 is 0 Å². The standard InChI is InChI=1S/C34H27N5/c1-38-29-15-5-6-16-31(29)39(27-13-9-12-26(22-27)34-36-20-21-37-34)32-23-25(17-18-30(32)38)33(24-10-3-2-4-11-24)28-14-7-8-19-35-28/h2-23,33H,1H3,(H,36,37). The first-order valence-electron chi connectivity index (χ1n) is 13.1. The number of para-hydroxylation sites is 2. The molecule has 1 N–H and O–H groups in total. The predicted molar refractivity (Wildman–Crippen MR) is 158 cm³/mol. The molecular formula is C34H27N5. The Balaban J connectivity index is 1.43. The minimum absolute atomic E-state index is 0.0106. The molecule has 1 aliphatic rings. The predicted octanol–water partition coefficient (Wildman–Crippen LogP) is 8.20. The zero-order valence-corrected chi connectivity index (χ0v) is 21.6. The number of aromatic nitrogens is 3. The minimum Gasteiger partial charge on any atom is -0.345 e. The molecule has 0 fully saturated rings. The molecule has 4 aromatic carbocycles. The fourth-order valence-electron chi connectivity index (χ4n) is 5.60. The molecule has 0 amide bonds. The minimum atomic E-state index is 0.0106. The second kappa shape index (κ2) is 9.62. The van der Waals surface area contributed by atoms with Gasteiger partial charge in [-0.05, 0) is 59.7 Å². The summed E-state index contributed by atoms with van der Waals surface area (Å²) >= 11 is 0. The van der Waals surface area contributed by atoms with Gasteiger partial charge in [0.05, 0.1) is 34.4 Å². The van der Waals surface area contributed by atoms with Crippen molar-refractivity contribution >= 4 is 28.4 Å². The molecule has 2 aromatic heterocycles. The Bertz CT molecular complexity index is 1690. The molecule has 1 atom stereocenters. The highest BCUT2D eigenvalue weighted by Crippen LogP contribution is 2.52. The van der Waals surface area contributed by atoms with Crippen LogP contribution in [0.2, 0.25) is 0 Å². The molecule has 5 heteroatoms. The molecule has 188 valence electrons. The van der Waals surface area contributed by atoms with Crippen molar-refractivity contribution in [3.8, 4) is 11.4 Å². The summed E-state index contributed by atoms with van der Waals surface area (Å²) in [4.78, 5) is 17.2.